The second-order valence-corrected chi connectivity index (χ2v) is 7.02. The Morgan fingerprint density at radius 3 is 2.47 bits per heavy atom. The fourth-order valence-electron chi connectivity index (χ4n) is 3.39. The van der Waals surface area contributed by atoms with E-state index in [9.17, 15) is 0 Å². The molecule has 6 nitrogen and oxygen atoms in total. The maximum absolute atomic E-state index is 5.45. The minimum atomic E-state index is 0. The number of aliphatic imine (C=N–C) groups is 1. The highest BCUT2D eigenvalue weighted by Crippen LogP contribution is 2.32. The van der Waals surface area contributed by atoms with Gasteiger partial charge in [-0.3, -0.25) is 9.89 Å². The van der Waals surface area contributed by atoms with Gasteiger partial charge in [-0.1, -0.05) is 44.2 Å². The zero-order valence-electron chi connectivity index (χ0n) is 18.1. The predicted molar refractivity (Wildman–Crippen MR) is 133 cm³/mol. The molecular formula is C23H33IN4O2. The third-order valence-electron chi connectivity index (χ3n) is 5.22. The van der Waals surface area contributed by atoms with E-state index in [2.05, 4.69) is 64.7 Å². The third-order valence-corrected chi connectivity index (χ3v) is 5.22. The van der Waals surface area contributed by atoms with Crippen molar-refractivity contribution in [3.8, 4) is 11.5 Å². The normalized spacial score (nSPS) is 12.6. The maximum atomic E-state index is 5.45. The SMILES string of the molecule is CCN(CC)Cc1ccccc1CNC(=NC)NCCc1ccc2c(c1)OCO2.I. The molecule has 0 atom stereocenters. The number of nitrogens with one attached hydrogen (secondary N) is 2. The number of benzene rings is 2. The molecule has 30 heavy (non-hydrogen) atoms. The van der Waals surface area contributed by atoms with Crippen molar-refractivity contribution in [3.63, 3.8) is 0 Å². The number of nitrogens with zero attached hydrogens (tertiary/aromatic N) is 2. The van der Waals surface area contributed by atoms with E-state index in [1.54, 1.807) is 7.05 Å². The minimum Gasteiger partial charge on any atom is -0.454 e. The second-order valence-electron chi connectivity index (χ2n) is 7.02. The van der Waals surface area contributed by atoms with Crippen molar-refractivity contribution in [2.75, 3.05) is 33.5 Å². The van der Waals surface area contributed by atoms with Crippen LogP contribution in [0.1, 0.15) is 30.5 Å². The molecule has 164 valence electrons. The highest BCUT2D eigenvalue weighted by molar-refractivity contribution is 14.0. The molecule has 2 aromatic rings. The number of guanidine groups is 1. The maximum Gasteiger partial charge on any atom is 0.231 e. The van der Waals surface area contributed by atoms with Crippen molar-refractivity contribution < 1.29 is 9.47 Å². The summed E-state index contributed by atoms with van der Waals surface area (Å²) in [5, 5.41) is 6.83. The molecule has 7 heteroatoms. The van der Waals surface area contributed by atoms with Crippen LogP contribution in [-0.2, 0) is 19.5 Å². The molecule has 0 aromatic heterocycles. The Morgan fingerprint density at radius 2 is 1.73 bits per heavy atom. The van der Waals surface area contributed by atoms with Gasteiger partial charge < -0.3 is 20.1 Å². The Morgan fingerprint density at radius 1 is 1.00 bits per heavy atom. The van der Waals surface area contributed by atoms with Crippen LogP contribution in [0.2, 0.25) is 0 Å². The van der Waals surface area contributed by atoms with Crippen LogP contribution in [0, 0.1) is 0 Å². The van der Waals surface area contributed by atoms with Gasteiger partial charge in [0.2, 0.25) is 6.79 Å². The summed E-state index contributed by atoms with van der Waals surface area (Å²) in [5.74, 6) is 2.46. The second kappa shape index (κ2) is 12.6. The highest BCUT2D eigenvalue weighted by atomic mass is 127. The van der Waals surface area contributed by atoms with Gasteiger partial charge in [-0.05, 0) is 48.3 Å². The van der Waals surface area contributed by atoms with Crippen LogP contribution in [0.5, 0.6) is 11.5 Å². The van der Waals surface area contributed by atoms with Gasteiger partial charge in [0.25, 0.3) is 0 Å². The number of rotatable bonds is 9. The summed E-state index contributed by atoms with van der Waals surface area (Å²) >= 11 is 0. The summed E-state index contributed by atoms with van der Waals surface area (Å²) in [5.41, 5.74) is 3.87. The van der Waals surface area contributed by atoms with Gasteiger partial charge in [-0.2, -0.15) is 0 Å². The molecular weight excluding hydrogens is 491 g/mol. The van der Waals surface area contributed by atoms with Crippen LogP contribution < -0.4 is 20.1 Å². The van der Waals surface area contributed by atoms with Gasteiger partial charge in [-0.25, -0.2) is 0 Å². The number of hydrogen-bond donors (Lipinski definition) is 2. The average molecular weight is 524 g/mol. The van der Waals surface area contributed by atoms with Gasteiger partial charge in [0, 0.05) is 26.7 Å². The number of fused-ring (bicyclic) bond motifs is 1. The van der Waals surface area contributed by atoms with Crippen LogP contribution >= 0.6 is 24.0 Å². The molecule has 0 radical (unpaired) electrons. The summed E-state index contributed by atoms with van der Waals surface area (Å²) < 4.78 is 10.8. The summed E-state index contributed by atoms with van der Waals surface area (Å²) in [7, 11) is 1.80. The minimum absolute atomic E-state index is 0. The quantitative estimate of drug-likeness (QED) is 0.297. The molecule has 0 saturated heterocycles. The fourth-order valence-corrected chi connectivity index (χ4v) is 3.39. The monoisotopic (exact) mass is 524 g/mol. The zero-order valence-corrected chi connectivity index (χ0v) is 20.4. The van der Waals surface area contributed by atoms with E-state index < -0.39 is 0 Å². The molecule has 0 fully saturated rings. The van der Waals surface area contributed by atoms with Gasteiger partial charge in [0.15, 0.2) is 17.5 Å². The summed E-state index contributed by atoms with van der Waals surface area (Å²) in [4.78, 5) is 6.78. The van der Waals surface area contributed by atoms with E-state index >= 15 is 0 Å². The van der Waals surface area contributed by atoms with Crippen LogP contribution in [0.4, 0.5) is 0 Å². The van der Waals surface area contributed by atoms with E-state index in [-0.39, 0.29) is 24.0 Å². The molecule has 1 aliphatic heterocycles. The summed E-state index contributed by atoms with van der Waals surface area (Å²) in [6.07, 6.45) is 0.885. The predicted octanol–water partition coefficient (Wildman–Crippen LogP) is 3.78. The van der Waals surface area contributed by atoms with Gasteiger partial charge in [0.1, 0.15) is 0 Å². The third kappa shape index (κ3) is 6.77. The Hall–Kier alpha value is -2.00. The van der Waals surface area contributed by atoms with E-state index in [0.29, 0.717) is 6.79 Å². The Labute approximate surface area is 197 Å². The van der Waals surface area contributed by atoms with Crippen LogP contribution in [0.25, 0.3) is 0 Å². The molecule has 1 aliphatic rings. The smallest absolute Gasteiger partial charge is 0.231 e. The van der Waals surface area contributed by atoms with Gasteiger partial charge in [0.05, 0.1) is 0 Å². The van der Waals surface area contributed by atoms with E-state index in [4.69, 9.17) is 9.47 Å². The number of hydrogen-bond acceptors (Lipinski definition) is 4. The number of ether oxygens (including phenoxy) is 2. The van der Waals surface area contributed by atoms with Crippen LogP contribution in [-0.4, -0.2) is 44.3 Å². The first kappa shape index (κ1) is 24.3. The largest absolute Gasteiger partial charge is 0.454 e. The van der Waals surface area contributed by atoms with E-state index in [1.165, 1.54) is 16.7 Å². The van der Waals surface area contributed by atoms with Crippen LogP contribution in [0.3, 0.4) is 0 Å². The first-order valence-electron chi connectivity index (χ1n) is 10.4. The highest BCUT2D eigenvalue weighted by Gasteiger charge is 2.13. The van der Waals surface area contributed by atoms with Gasteiger partial charge in [-0.15, -0.1) is 24.0 Å². The van der Waals surface area contributed by atoms with Crippen molar-refractivity contribution in [2.45, 2.75) is 33.4 Å². The fraction of sp³-hybridized carbons (Fsp3) is 0.435. The van der Waals surface area contributed by atoms with Gasteiger partial charge >= 0.3 is 0 Å². The molecule has 0 saturated carbocycles. The van der Waals surface area contributed by atoms with E-state index in [0.717, 1.165) is 56.6 Å². The van der Waals surface area contributed by atoms with Crippen molar-refractivity contribution in [3.05, 3.63) is 59.2 Å². The summed E-state index contributed by atoms with van der Waals surface area (Å²) in [6, 6.07) is 14.7. The first-order chi connectivity index (χ1) is 14.2. The Kier molecular flexibility index (Phi) is 10.2. The Bertz CT molecular complexity index is 825. The lowest BCUT2D eigenvalue weighted by molar-refractivity contribution is 0.174. The summed E-state index contributed by atoms with van der Waals surface area (Å²) in [6.45, 7) is 9.35. The van der Waals surface area contributed by atoms with Crippen molar-refractivity contribution in [1.82, 2.24) is 15.5 Å². The molecule has 3 rings (SSSR count). The standard InChI is InChI=1S/C23H32N4O2.HI/c1-4-27(5-2)16-20-9-7-6-8-19(20)15-26-23(24-3)25-13-12-18-10-11-21-22(14-18)29-17-28-21;/h6-11,14H,4-5,12-13,15-17H2,1-3H3,(H2,24,25,26);1H. The molecule has 0 bridgehead atoms. The Balaban J connectivity index is 0.00000320. The molecule has 0 amide bonds. The molecule has 0 spiro atoms. The lowest BCUT2D eigenvalue weighted by Crippen LogP contribution is -2.38. The molecule has 2 aromatic carbocycles. The van der Waals surface area contributed by atoms with Crippen LogP contribution in [0.15, 0.2) is 47.5 Å². The first-order valence-corrected chi connectivity index (χ1v) is 10.4. The lowest BCUT2D eigenvalue weighted by atomic mass is 10.1. The number of halogens is 1. The molecule has 0 aliphatic carbocycles. The molecule has 2 N–H and O–H groups in total. The molecule has 1 heterocycles. The lowest BCUT2D eigenvalue weighted by Gasteiger charge is -2.20. The zero-order chi connectivity index (χ0) is 20.5. The average Bonchev–Trinajstić information content (AvgIpc) is 3.23. The van der Waals surface area contributed by atoms with Crippen molar-refractivity contribution in [1.29, 1.82) is 0 Å². The van der Waals surface area contributed by atoms with Crippen molar-refractivity contribution >= 4 is 29.9 Å². The topological polar surface area (TPSA) is 58.1 Å². The van der Waals surface area contributed by atoms with E-state index in [1.807, 2.05) is 12.1 Å². The molecule has 0 unspecified atom stereocenters. The van der Waals surface area contributed by atoms with Crippen molar-refractivity contribution in [2.24, 2.45) is 4.99 Å².